The summed E-state index contributed by atoms with van der Waals surface area (Å²) in [5, 5.41) is 3.60. The number of rotatable bonds is 5. The van der Waals surface area contributed by atoms with E-state index in [0.717, 1.165) is 6.54 Å². The molecule has 0 amide bonds. The Labute approximate surface area is 106 Å². The molecular weight excluding hydrogens is 206 g/mol. The quantitative estimate of drug-likeness (QED) is 0.816. The van der Waals surface area contributed by atoms with E-state index >= 15 is 0 Å². The Morgan fingerprint density at radius 2 is 2.00 bits per heavy atom. The average molecular weight is 231 g/mol. The molecule has 1 N–H and O–H groups in total. The van der Waals surface area contributed by atoms with Crippen LogP contribution in [-0.2, 0) is 6.42 Å². The fourth-order valence-electron chi connectivity index (χ4n) is 2.82. The molecule has 17 heavy (non-hydrogen) atoms. The van der Waals surface area contributed by atoms with Gasteiger partial charge in [0.1, 0.15) is 0 Å². The van der Waals surface area contributed by atoms with E-state index in [0.29, 0.717) is 11.5 Å². The molecule has 1 aliphatic carbocycles. The molecule has 1 unspecified atom stereocenters. The maximum Gasteiger partial charge on any atom is 0.00982 e. The zero-order chi connectivity index (χ0) is 12.5. The Morgan fingerprint density at radius 3 is 2.59 bits per heavy atom. The normalized spacial score (nSPS) is 19.1. The van der Waals surface area contributed by atoms with Crippen molar-refractivity contribution in [2.45, 2.75) is 53.0 Å². The SMILES string of the molecule is CCNC(C)C1(Cc2cc(C)ccc2C)CC1. The number of hydrogen-bond donors (Lipinski definition) is 1. The highest BCUT2D eigenvalue weighted by molar-refractivity contribution is 5.32. The third kappa shape index (κ3) is 2.71. The predicted molar refractivity (Wildman–Crippen MR) is 74.4 cm³/mol. The third-order valence-corrected chi connectivity index (χ3v) is 4.37. The Balaban J connectivity index is 2.12. The van der Waals surface area contributed by atoms with Crippen LogP contribution in [0.1, 0.15) is 43.4 Å². The van der Waals surface area contributed by atoms with E-state index in [2.05, 4.69) is 51.2 Å². The summed E-state index contributed by atoms with van der Waals surface area (Å²) in [6.07, 6.45) is 4.01. The fourth-order valence-corrected chi connectivity index (χ4v) is 2.82. The van der Waals surface area contributed by atoms with Gasteiger partial charge >= 0.3 is 0 Å². The molecule has 1 aromatic carbocycles. The van der Waals surface area contributed by atoms with E-state index in [9.17, 15) is 0 Å². The lowest BCUT2D eigenvalue weighted by Gasteiger charge is -2.25. The average Bonchev–Trinajstić information content (AvgIpc) is 3.05. The lowest BCUT2D eigenvalue weighted by Crippen LogP contribution is -2.36. The van der Waals surface area contributed by atoms with Crippen LogP contribution in [0.15, 0.2) is 18.2 Å². The van der Waals surface area contributed by atoms with Gasteiger partial charge in [-0.2, -0.15) is 0 Å². The summed E-state index contributed by atoms with van der Waals surface area (Å²) in [5.41, 5.74) is 4.92. The van der Waals surface area contributed by atoms with Gasteiger partial charge in [0, 0.05) is 6.04 Å². The van der Waals surface area contributed by atoms with Gasteiger partial charge in [0.15, 0.2) is 0 Å². The van der Waals surface area contributed by atoms with Crippen molar-refractivity contribution in [3.05, 3.63) is 34.9 Å². The Bertz CT molecular complexity index is 391. The van der Waals surface area contributed by atoms with E-state index in [4.69, 9.17) is 0 Å². The summed E-state index contributed by atoms with van der Waals surface area (Å²) >= 11 is 0. The van der Waals surface area contributed by atoms with Crippen molar-refractivity contribution in [1.82, 2.24) is 5.32 Å². The van der Waals surface area contributed by atoms with E-state index in [1.165, 1.54) is 30.4 Å². The van der Waals surface area contributed by atoms with Crippen LogP contribution in [0.4, 0.5) is 0 Å². The van der Waals surface area contributed by atoms with Crippen LogP contribution >= 0.6 is 0 Å². The maximum atomic E-state index is 3.60. The second kappa shape index (κ2) is 4.81. The smallest absolute Gasteiger partial charge is 0.00982 e. The standard InChI is InChI=1S/C16H25N/c1-5-17-14(4)16(8-9-16)11-15-10-12(2)6-7-13(15)3/h6-7,10,14,17H,5,8-9,11H2,1-4H3. The van der Waals surface area contributed by atoms with Gasteiger partial charge in [-0.1, -0.05) is 30.7 Å². The number of benzene rings is 1. The Hall–Kier alpha value is -0.820. The predicted octanol–water partition coefficient (Wildman–Crippen LogP) is 3.62. The van der Waals surface area contributed by atoms with E-state index < -0.39 is 0 Å². The molecule has 1 fully saturated rings. The minimum atomic E-state index is 0.536. The van der Waals surface area contributed by atoms with Crippen molar-refractivity contribution in [1.29, 1.82) is 0 Å². The summed E-state index contributed by atoms with van der Waals surface area (Å²) in [4.78, 5) is 0. The van der Waals surface area contributed by atoms with Crippen LogP contribution in [0.3, 0.4) is 0 Å². The maximum absolute atomic E-state index is 3.60. The fraction of sp³-hybridized carbons (Fsp3) is 0.625. The first kappa shape index (κ1) is 12.6. The zero-order valence-corrected chi connectivity index (χ0v) is 11.6. The van der Waals surface area contributed by atoms with Crippen molar-refractivity contribution in [3.8, 4) is 0 Å². The van der Waals surface area contributed by atoms with Gasteiger partial charge in [0.05, 0.1) is 0 Å². The summed E-state index contributed by atoms with van der Waals surface area (Å²) in [5.74, 6) is 0. The number of aryl methyl sites for hydroxylation is 2. The van der Waals surface area contributed by atoms with Crippen molar-refractivity contribution < 1.29 is 0 Å². The van der Waals surface area contributed by atoms with Crippen LogP contribution in [0, 0.1) is 19.3 Å². The van der Waals surface area contributed by atoms with Crippen molar-refractivity contribution >= 4 is 0 Å². The van der Waals surface area contributed by atoms with Crippen LogP contribution < -0.4 is 5.32 Å². The summed E-state index contributed by atoms with van der Waals surface area (Å²) in [6, 6.07) is 7.49. The monoisotopic (exact) mass is 231 g/mol. The number of nitrogens with one attached hydrogen (secondary N) is 1. The first-order valence-electron chi connectivity index (χ1n) is 6.87. The molecule has 1 nitrogen and oxygen atoms in total. The molecule has 94 valence electrons. The van der Waals surface area contributed by atoms with Crippen LogP contribution in [0.2, 0.25) is 0 Å². The van der Waals surface area contributed by atoms with Gasteiger partial charge in [-0.3, -0.25) is 0 Å². The molecule has 2 rings (SSSR count). The lowest BCUT2D eigenvalue weighted by molar-refractivity contribution is 0.355. The lowest BCUT2D eigenvalue weighted by atomic mass is 9.87. The molecule has 1 aromatic rings. The second-order valence-electron chi connectivity index (χ2n) is 5.75. The van der Waals surface area contributed by atoms with Gasteiger partial charge in [-0.15, -0.1) is 0 Å². The Morgan fingerprint density at radius 1 is 1.29 bits per heavy atom. The largest absolute Gasteiger partial charge is 0.314 e. The van der Waals surface area contributed by atoms with Crippen molar-refractivity contribution in [2.75, 3.05) is 6.54 Å². The van der Waals surface area contributed by atoms with Crippen LogP contribution in [-0.4, -0.2) is 12.6 Å². The second-order valence-corrected chi connectivity index (χ2v) is 5.75. The van der Waals surface area contributed by atoms with Crippen LogP contribution in [0.25, 0.3) is 0 Å². The van der Waals surface area contributed by atoms with Gasteiger partial charge in [-0.25, -0.2) is 0 Å². The molecule has 0 radical (unpaired) electrons. The molecular formula is C16H25N. The molecule has 0 aromatic heterocycles. The molecule has 0 bridgehead atoms. The molecule has 1 atom stereocenters. The first-order valence-corrected chi connectivity index (χ1v) is 6.87. The highest BCUT2D eigenvalue weighted by atomic mass is 14.9. The summed E-state index contributed by atoms with van der Waals surface area (Å²) in [6.45, 7) is 10.1. The molecule has 1 aliphatic rings. The van der Waals surface area contributed by atoms with Gasteiger partial charge in [0.25, 0.3) is 0 Å². The highest BCUT2D eigenvalue weighted by Gasteiger charge is 2.46. The molecule has 0 heterocycles. The molecule has 0 spiro atoms. The topological polar surface area (TPSA) is 12.0 Å². The van der Waals surface area contributed by atoms with E-state index in [1.54, 1.807) is 5.56 Å². The zero-order valence-electron chi connectivity index (χ0n) is 11.6. The van der Waals surface area contributed by atoms with E-state index in [-0.39, 0.29) is 0 Å². The van der Waals surface area contributed by atoms with Crippen LogP contribution in [0.5, 0.6) is 0 Å². The Kier molecular flexibility index (Phi) is 3.58. The first-order chi connectivity index (χ1) is 8.07. The van der Waals surface area contributed by atoms with Gasteiger partial charge in [0.2, 0.25) is 0 Å². The molecule has 1 saturated carbocycles. The van der Waals surface area contributed by atoms with Crippen molar-refractivity contribution in [3.63, 3.8) is 0 Å². The highest BCUT2D eigenvalue weighted by Crippen LogP contribution is 2.51. The van der Waals surface area contributed by atoms with Crippen molar-refractivity contribution in [2.24, 2.45) is 5.41 Å². The summed E-state index contributed by atoms with van der Waals surface area (Å²) in [7, 11) is 0. The molecule has 0 aliphatic heterocycles. The number of hydrogen-bond acceptors (Lipinski definition) is 1. The van der Waals surface area contributed by atoms with E-state index in [1.807, 2.05) is 0 Å². The third-order valence-electron chi connectivity index (χ3n) is 4.37. The van der Waals surface area contributed by atoms with Gasteiger partial charge < -0.3 is 5.32 Å². The molecule has 1 heteroatoms. The molecule has 0 saturated heterocycles. The summed E-state index contributed by atoms with van der Waals surface area (Å²) < 4.78 is 0. The minimum absolute atomic E-state index is 0.536. The minimum Gasteiger partial charge on any atom is -0.314 e. The van der Waals surface area contributed by atoms with Gasteiger partial charge in [-0.05, 0) is 63.1 Å².